The summed E-state index contributed by atoms with van der Waals surface area (Å²) in [6, 6.07) is 4.62. The van der Waals surface area contributed by atoms with E-state index in [9.17, 15) is 14.4 Å². The van der Waals surface area contributed by atoms with E-state index in [0.29, 0.717) is 23.8 Å². The van der Waals surface area contributed by atoms with Crippen LogP contribution >= 0.6 is 0 Å². The molecule has 2 rings (SSSR count). The van der Waals surface area contributed by atoms with Crippen LogP contribution in [0.25, 0.3) is 0 Å². The van der Waals surface area contributed by atoms with Crippen molar-refractivity contribution in [1.29, 1.82) is 0 Å². The molecule has 2 heterocycles. The van der Waals surface area contributed by atoms with Crippen LogP contribution in [-0.2, 0) is 14.4 Å². The minimum atomic E-state index is -0.583. The Bertz CT molecular complexity index is 551. The lowest BCUT2D eigenvalue weighted by Gasteiger charge is -2.41. The summed E-state index contributed by atoms with van der Waals surface area (Å²) >= 11 is 0. The molecule has 0 bridgehead atoms. The van der Waals surface area contributed by atoms with Gasteiger partial charge in [0.1, 0.15) is 11.9 Å². The Morgan fingerprint density at radius 2 is 2.36 bits per heavy atom. The average Bonchev–Trinajstić information content (AvgIpc) is 2.46. The molecule has 1 aliphatic rings. The summed E-state index contributed by atoms with van der Waals surface area (Å²) in [5, 5.41) is 12.2. The molecule has 0 aliphatic carbocycles. The molecule has 1 aromatic rings. The van der Waals surface area contributed by atoms with E-state index in [-0.39, 0.29) is 24.8 Å². The highest BCUT2D eigenvalue weighted by Crippen LogP contribution is 2.21. The highest BCUT2D eigenvalue weighted by molar-refractivity contribution is 5.97. The number of likely N-dealkylation sites (tertiary alicyclic amines) is 1. The molecule has 8 nitrogen and oxygen atoms in total. The van der Waals surface area contributed by atoms with Crippen molar-refractivity contribution in [2.75, 3.05) is 18.4 Å². The van der Waals surface area contributed by atoms with Crippen LogP contribution in [0.5, 0.6) is 0 Å². The molecule has 0 aromatic carbocycles. The van der Waals surface area contributed by atoms with E-state index in [1.165, 1.54) is 4.90 Å². The Morgan fingerprint density at radius 3 is 2.91 bits per heavy atom. The fourth-order valence-electron chi connectivity index (χ4n) is 2.25. The zero-order chi connectivity index (χ0) is 16.1. The van der Waals surface area contributed by atoms with Crippen molar-refractivity contribution in [3.05, 3.63) is 24.4 Å². The van der Waals surface area contributed by atoms with E-state index < -0.39 is 12.0 Å². The second-order valence-corrected chi connectivity index (χ2v) is 5.17. The zero-order valence-electron chi connectivity index (χ0n) is 12.2. The summed E-state index contributed by atoms with van der Waals surface area (Å²) in [6.07, 6.45) is 2.38. The van der Waals surface area contributed by atoms with Crippen molar-refractivity contribution in [1.82, 2.24) is 14.9 Å². The largest absolute Gasteiger partial charge is 0.330 e. The van der Waals surface area contributed by atoms with E-state index in [4.69, 9.17) is 5.21 Å². The second kappa shape index (κ2) is 6.99. The minimum absolute atomic E-state index is 0.104. The molecular weight excluding hydrogens is 288 g/mol. The fourth-order valence-corrected chi connectivity index (χ4v) is 2.25. The van der Waals surface area contributed by atoms with Gasteiger partial charge in [0.15, 0.2) is 0 Å². The number of hydrogen-bond acceptors (Lipinski definition) is 5. The van der Waals surface area contributed by atoms with Gasteiger partial charge >= 0.3 is 0 Å². The number of aromatic nitrogens is 1. The lowest BCUT2D eigenvalue weighted by molar-refractivity contribution is -0.160. The first-order valence-corrected chi connectivity index (χ1v) is 6.96. The van der Waals surface area contributed by atoms with Gasteiger partial charge in [-0.2, -0.15) is 0 Å². The Kier molecular flexibility index (Phi) is 5.05. The number of amides is 3. The maximum atomic E-state index is 12.2. The van der Waals surface area contributed by atoms with Crippen LogP contribution in [0.2, 0.25) is 0 Å². The van der Waals surface area contributed by atoms with Gasteiger partial charge in [0, 0.05) is 12.7 Å². The van der Waals surface area contributed by atoms with Crippen LogP contribution < -0.4 is 5.32 Å². The Morgan fingerprint density at radius 1 is 1.59 bits per heavy atom. The fraction of sp³-hybridized carbons (Fsp3) is 0.429. The number of carbonyl (C=O) groups excluding carboxylic acids is 3. The molecule has 1 aliphatic heterocycles. The summed E-state index contributed by atoms with van der Waals surface area (Å²) in [4.78, 5) is 40.2. The quantitative estimate of drug-likeness (QED) is 0.441. The molecule has 8 heteroatoms. The van der Waals surface area contributed by atoms with Gasteiger partial charge < -0.3 is 10.2 Å². The van der Waals surface area contributed by atoms with E-state index in [1.807, 2.05) is 0 Å². The van der Waals surface area contributed by atoms with E-state index in [2.05, 4.69) is 10.3 Å². The van der Waals surface area contributed by atoms with Crippen molar-refractivity contribution < 1.29 is 19.6 Å². The highest BCUT2D eigenvalue weighted by atomic mass is 16.5. The smallest absolute Gasteiger partial charge is 0.248 e. The molecule has 1 aromatic heterocycles. The maximum Gasteiger partial charge on any atom is 0.248 e. The molecule has 118 valence electrons. The summed E-state index contributed by atoms with van der Waals surface area (Å²) in [5.41, 5.74) is 0. The number of pyridine rings is 1. The first-order valence-electron chi connectivity index (χ1n) is 6.96. The number of nitrogens with zero attached hydrogens (tertiary/aromatic N) is 3. The van der Waals surface area contributed by atoms with Gasteiger partial charge in [-0.3, -0.25) is 19.6 Å². The Balaban J connectivity index is 1.92. The SMILES string of the molecule is C[C@H](CN(O)C=O)C(=O)N1CC[C@H]1C(=O)Nc1ccccn1. The van der Waals surface area contributed by atoms with Crippen LogP contribution in [0, 0.1) is 5.92 Å². The van der Waals surface area contributed by atoms with Gasteiger partial charge in [-0.1, -0.05) is 13.0 Å². The third-order valence-electron chi connectivity index (χ3n) is 3.53. The van der Waals surface area contributed by atoms with Gasteiger partial charge in [0.05, 0.1) is 12.5 Å². The minimum Gasteiger partial charge on any atom is -0.330 e. The Hall–Kier alpha value is -2.48. The molecule has 0 radical (unpaired) electrons. The highest BCUT2D eigenvalue weighted by Gasteiger charge is 2.39. The van der Waals surface area contributed by atoms with Gasteiger partial charge in [0.25, 0.3) is 0 Å². The van der Waals surface area contributed by atoms with Gasteiger partial charge in [0.2, 0.25) is 18.2 Å². The first kappa shape index (κ1) is 15.9. The third kappa shape index (κ3) is 3.59. The topological polar surface area (TPSA) is 103 Å². The van der Waals surface area contributed by atoms with E-state index >= 15 is 0 Å². The molecule has 2 N–H and O–H groups in total. The molecule has 1 saturated heterocycles. The molecule has 0 saturated carbocycles. The average molecular weight is 306 g/mol. The third-order valence-corrected chi connectivity index (χ3v) is 3.53. The summed E-state index contributed by atoms with van der Waals surface area (Å²) < 4.78 is 0. The lowest BCUT2D eigenvalue weighted by Crippen LogP contribution is -2.58. The molecule has 1 fully saturated rings. The predicted molar refractivity (Wildman–Crippen MR) is 76.7 cm³/mol. The molecule has 2 atom stereocenters. The standard InChI is InChI=1S/C14H18N4O4/c1-10(8-17(22)9-19)14(21)18-7-5-11(18)13(20)16-12-4-2-3-6-15-12/h2-4,6,9-11,22H,5,7-8H2,1H3,(H,15,16,20)/t10-,11+/m1/s1. The summed E-state index contributed by atoms with van der Waals surface area (Å²) in [6.45, 7) is 1.98. The van der Waals surface area contributed by atoms with Gasteiger partial charge in [-0.15, -0.1) is 0 Å². The molecule has 0 unspecified atom stereocenters. The summed E-state index contributed by atoms with van der Waals surface area (Å²) in [5.74, 6) is -0.710. The molecule has 22 heavy (non-hydrogen) atoms. The van der Waals surface area contributed by atoms with Crippen molar-refractivity contribution in [3.63, 3.8) is 0 Å². The number of hydrogen-bond donors (Lipinski definition) is 2. The normalized spacial score (nSPS) is 18.1. The number of rotatable bonds is 6. The van der Waals surface area contributed by atoms with E-state index in [0.717, 1.165) is 0 Å². The van der Waals surface area contributed by atoms with Crippen LogP contribution in [0.3, 0.4) is 0 Å². The maximum absolute atomic E-state index is 12.2. The van der Waals surface area contributed by atoms with Crippen LogP contribution in [0.1, 0.15) is 13.3 Å². The van der Waals surface area contributed by atoms with Gasteiger partial charge in [-0.25, -0.2) is 10.0 Å². The molecular formula is C14H18N4O4. The zero-order valence-corrected chi connectivity index (χ0v) is 12.2. The van der Waals surface area contributed by atoms with Crippen LogP contribution in [-0.4, -0.2) is 57.5 Å². The van der Waals surface area contributed by atoms with Gasteiger partial charge in [-0.05, 0) is 18.6 Å². The monoisotopic (exact) mass is 306 g/mol. The molecule has 0 spiro atoms. The second-order valence-electron chi connectivity index (χ2n) is 5.17. The van der Waals surface area contributed by atoms with E-state index in [1.54, 1.807) is 31.3 Å². The number of nitrogens with one attached hydrogen (secondary N) is 1. The van der Waals surface area contributed by atoms with Crippen molar-refractivity contribution in [2.24, 2.45) is 5.92 Å². The number of anilines is 1. The van der Waals surface area contributed by atoms with Crippen LogP contribution in [0.15, 0.2) is 24.4 Å². The van der Waals surface area contributed by atoms with Crippen LogP contribution in [0.4, 0.5) is 5.82 Å². The predicted octanol–water partition coefficient (Wildman–Crippen LogP) is 0.105. The first-order chi connectivity index (χ1) is 10.5. The lowest BCUT2D eigenvalue weighted by atomic mass is 9.98. The summed E-state index contributed by atoms with van der Waals surface area (Å²) in [7, 11) is 0. The Labute approximate surface area is 127 Å². The van der Waals surface area contributed by atoms with Crippen molar-refractivity contribution in [2.45, 2.75) is 19.4 Å². The number of carbonyl (C=O) groups is 3. The van der Waals surface area contributed by atoms with Crippen molar-refractivity contribution >= 4 is 24.0 Å². The number of hydroxylamine groups is 2. The van der Waals surface area contributed by atoms with Crippen molar-refractivity contribution in [3.8, 4) is 0 Å². The molecule has 3 amide bonds.